The molecule has 5 aromatic rings. The number of amides is 1. The van der Waals surface area contributed by atoms with Gasteiger partial charge in [0.15, 0.2) is 5.58 Å². The molecule has 4 aromatic carbocycles. The lowest BCUT2D eigenvalue weighted by Gasteiger charge is -2.15. The molecule has 1 amide bonds. The van der Waals surface area contributed by atoms with Crippen molar-refractivity contribution in [2.45, 2.75) is 6.54 Å². The van der Waals surface area contributed by atoms with Gasteiger partial charge in [0, 0.05) is 27.4 Å². The van der Waals surface area contributed by atoms with E-state index in [4.69, 9.17) is 9.40 Å². The minimum atomic E-state index is 0.0172. The van der Waals surface area contributed by atoms with Crippen LogP contribution in [0.3, 0.4) is 0 Å². The molecule has 0 saturated heterocycles. The number of hydrogen-bond acceptors (Lipinski definition) is 3. The Labute approximate surface area is 180 Å². The predicted molar refractivity (Wildman–Crippen MR) is 122 cm³/mol. The Morgan fingerprint density at radius 2 is 1.67 bits per heavy atom. The van der Waals surface area contributed by atoms with E-state index < -0.39 is 0 Å². The second kappa shape index (κ2) is 6.54. The molecule has 0 radical (unpaired) electrons. The van der Waals surface area contributed by atoms with Crippen molar-refractivity contribution in [1.29, 1.82) is 0 Å². The van der Waals surface area contributed by atoms with Gasteiger partial charge in [0.05, 0.1) is 6.54 Å². The summed E-state index contributed by atoms with van der Waals surface area (Å²) in [5.74, 6) is 0.588. The minimum Gasteiger partial charge on any atom is -0.436 e. The Balaban J connectivity index is 1.44. The lowest BCUT2D eigenvalue weighted by Crippen LogP contribution is -2.22. The van der Waals surface area contributed by atoms with Crippen molar-refractivity contribution in [2.75, 3.05) is 4.90 Å². The number of aromatic nitrogens is 1. The summed E-state index contributed by atoms with van der Waals surface area (Å²) in [7, 11) is 0. The molecule has 5 heteroatoms. The second-order valence-corrected chi connectivity index (χ2v) is 8.21. The fraction of sp³-hybridized carbons (Fsp3) is 0.0400. The van der Waals surface area contributed by atoms with E-state index in [-0.39, 0.29) is 5.91 Å². The van der Waals surface area contributed by atoms with Gasteiger partial charge in [-0.1, -0.05) is 58.4 Å². The number of fused-ring (bicyclic) bond motifs is 3. The summed E-state index contributed by atoms with van der Waals surface area (Å²) in [6.07, 6.45) is 0. The molecule has 0 bridgehead atoms. The molecular weight excluding hydrogens is 440 g/mol. The zero-order valence-corrected chi connectivity index (χ0v) is 17.4. The highest BCUT2D eigenvalue weighted by Gasteiger charge is 2.28. The second-order valence-electron chi connectivity index (χ2n) is 7.36. The maximum atomic E-state index is 12.8. The molecule has 0 fully saturated rings. The van der Waals surface area contributed by atoms with Gasteiger partial charge in [0.2, 0.25) is 5.89 Å². The van der Waals surface area contributed by atoms with Gasteiger partial charge in [-0.2, -0.15) is 0 Å². The van der Waals surface area contributed by atoms with Crippen molar-refractivity contribution in [3.63, 3.8) is 0 Å². The predicted octanol–water partition coefficient (Wildman–Crippen LogP) is 6.57. The van der Waals surface area contributed by atoms with E-state index in [2.05, 4.69) is 28.1 Å². The van der Waals surface area contributed by atoms with E-state index in [1.54, 1.807) is 4.90 Å². The quantitative estimate of drug-likeness (QED) is 0.303. The lowest BCUT2D eigenvalue weighted by atomic mass is 10.0. The maximum Gasteiger partial charge on any atom is 0.258 e. The Bertz CT molecular complexity index is 1470. The standard InChI is InChI=1S/C25H15BrN2O2/c26-21-10-4-7-18-19(21)8-3-9-20(18)24-27-22-12-11-16(13-23(22)30-24)28-14-15-5-1-2-6-17(15)25(28)29/h1-13H,14H2. The Kier molecular flexibility index (Phi) is 3.80. The molecule has 0 unspecified atom stereocenters. The number of carbonyl (C=O) groups is 1. The van der Waals surface area contributed by atoms with E-state index in [0.29, 0.717) is 18.0 Å². The molecule has 0 aliphatic carbocycles. The molecule has 0 atom stereocenters. The summed E-state index contributed by atoms with van der Waals surface area (Å²) in [6, 6.07) is 25.7. The topological polar surface area (TPSA) is 46.3 Å². The number of halogens is 1. The SMILES string of the molecule is O=C1c2ccccc2CN1c1ccc2nc(-c3cccc4c(Br)cccc34)oc2c1. The fourth-order valence-electron chi connectivity index (χ4n) is 4.12. The minimum absolute atomic E-state index is 0.0172. The van der Waals surface area contributed by atoms with Gasteiger partial charge in [-0.3, -0.25) is 4.79 Å². The third-order valence-corrected chi connectivity index (χ3v) is 6.30. The number of benzene rings is 4. The molecule has 0 N–H and O–H groups in total. The summed E-state index contributed by atoms with van der Waals surface area (Å²) in [5, 5.41) is 2.18. The smallest absolute Gasteiger partial charge is 0.258 e. The molecule has 1 aliphatic rings. The third kappa shape index (κ3) is 2.59. The summed E-state index contributed by atoms with van der Waals surface area (Å²) >= 11 is 3.61. The van der Waals surface area contributed by atoms with Crippen molar-refractivity contribution < 1.29 is 9.21 Å². The van der Waals surface area contributed by atoms with Crippen LogP contribution in [-0.2, 0) is 6.54 Å². The zero-order chi connectivity index (χ0) is 20.2. The largest absolute Gasteiger partial charge is 0.436 e. The molecule has 144 valence electrons. The van der Waals surface area contributed by atoms with E-state index in [9.17, 15) is 4.79 Å². The van der Waals surface area contributed by atoms with Crippen LogP contribution in [0.5, 0.6) is 0 Å². The van der Waals surface area contributed by atoms with E-state index in [1.165, 1.54) is 0 Å². The molecule has 0 spiro atoms. The molecule has 6 rings (SSSR count). The van der Waals surface area contributed by atoms with Crippen LogP contribution in [0.4, 0.5) is 5.69 Å². The monoisotopic (exact) mass is 454 g/mol. The van der Waals surface area contributed by atoms with Gasteiger partial charge in [-0.05, 0) is 46.7 Å². The van der Waals surface area contributed by atoms with E-state index in [0.717, 1.165) is 43.1 Å². The average molecular weight is 455 g/mol. The first-order chi connectivity index (χ1) is 14.7. The van der Waals surface area contributed by atoms with Crippen LogP contribution in [0, 0.1) is 0 Å². The van der Waals surface area contributed by atoms with Crippen molar-refractivity contribution >= 4 is 49.4 Å². The molecule has 0 saturated carbocycles. The van der Waals surface area contributed by atoms with Crippen molar-refractivity contribution in [1.82, 2.24) is 4.98 Å². The van der Waals surface area contributed by atoms with Crippen LogP contribution in [0.25, 0.3) is 33.3 Å². The Hall–Kier alpha value is -3.44. The molecular formula is C25H15BrN2O2. The number of oxazole rings is 1. The highest BCUT2D eigenvalue weighted by molar-refractivity contribution is 9.10. The molecule has 1 aromatic heterocycles. The van der Waals surface area contributed by atoms with Crippen LogP contribution < -0.4 is 4.90 Å². The van der Waals surface area contributed by atoms with Gasteiger partial charge in [0.1, 0.15) is 5.52 Å². The summed E-state index contributed by atoms with van der Waals surface area (Å²) in [4.78, 5) is 19.3. The molecule has 30 heavy (non-hydrogen) atoms. The first kappa shape index (κ1) is 17.4. The normalized spacial score (nSPS) is 13.4. The molecule has 1 aliphatic heterocycles. The Morgan fingerprint density at radius 1 is 0.867 bits per heavy atom. The third-order valence-electron chi connectivity index (χ3n) is 5.60. The van der Waals surface area contributed by atoms with Gasteiger partial charge < -0.3 is 9.32 Å². The molecule has 4 nitrogen and oxygen atoms in total. The highest BCUT2D eigenvalue weighted by Crippen LogP contribution is 2.35. The summed E-state index contributed by atoms with van der Waals surface area (Å²) < 4.78 is 7.18. The average Bonchev–Trinajstić information content (AvgIpc) is 3.34. The van der Waals surface area contributed by atoms with Crippen LogP contribution in [0.1, 0.15) is 15.9 Å². The number of anilines is 1. The van der Waals surface area contributed by atoms with Crippen LogP contribution in [0.15, 0.2) is 87.8 Å². The van der Waals surface area contributed by atoms with Gasteiger partial charge in [-0.15, -0.1) is 0 Å². The van der Waals surface area contributed by atoms with Gasteiger partial charge >= 0.3 is 0 Å². The number of carbonyl (C=O) groups excluding carboxylic acids is 1. The van der Waals surface area contributed by atoms with Gasteiger partial charge in [-0.25, -0.2) is 4.98 Å². The summed E-state index contributed by atoms with van der Waals surface area (Å²) in [6.45, 7) is 0.568. The summed E-state index contributed by atoms with van der Waals surface area (Å²) in [5.41, 5.74) is 4.99. The first-order valence-corrected chi connectivity index (χ1v) is 10.5. The highest BCUT2D eigenvalue weighted by atomic mass is 79.9. The van der Waals surface area contributed by atoms with Crippen molar-refractivity contribution in [3.05, 3.63) is 94.5 Å². The van der Waals surface area contributed by atoms with Gasteiger partial charge in [0.25, 0.3) is 5.91 Å². The zero-order valence-electron chi connectivity index (χ0n) is 15.8. The van der Waals surface area contributed by atoms with Crippen LogP contribution >= 0.6 is 15.9 Å². The maximum absolute atomic E-state index is 12.8. The first-order valence-electron chi connectivity index (χ1n) is 9.67. The lowest BCUT2D eigenvalue weighted by molar-refractivity contribution is 0.0996. The van der Waals surface area contributed by atoms with Crippen molar-refractivity contribution in [3.8, 4) is 11.5 Å². The van der Waals surface area contributed by atoms with Crippen LogP contribution in [0.2, 0.25) is 0 Å². The van der Waals surface area contributed by atoms with Crippen LogP contribution in [-0.4, -0.2) is 10.9 Å². The number of nitrogens with zero attached hydrogens (tertiary/aromatic N) is 2. The van der Waals surface area contributed by atoms with E-state index in [1.807, 2.05) is 66.7 Å². The number of hydrogen-bond donors (Lipinski definition) is 0. The van der Waals surface area contributed by atoms with Crippen molar-refractivity contribution in [2.24, 2.45) is 0 Å². The van der Waals surface area contributed by atoms with E-state index >= 15 is 0 Å². The Morgan fingerprint density at radius 3 is 2.57 bits per heavy atom. The fourth-order valence-corrected chi connectivity index (χ4v) is 4.62. The number of rotatable bonds is 2. The molecule has 2 heterocycles.